The summed E-state index contributed by atoms with van der Waals surface area (Å²) in [7, 11) is 1.55. The fourth-order valence-electron chi connectivity index (χ4n) is 3.87. The van der Waals surface area contributed by atoms with Crippen molar-refractivity contribution in [1.82, 2.24) is 4.90 Å². The average molecular weight is 424 g/mol. The molecule has 1 heterocycles. The Bertz CT molecular complexity index is 931. The summed E-state index contributed by atoms with van der Waals surface area (Å²) in [4.78, 5) is 39.4. The van der Waals surface area contributed by atoms with Crippen LogP contribution in [0.2, 0.25) is 0 Å². The monoisotopic (exact) mass is 424 g/mol. The van der Waals surface area contributed by atoms with Crippen LogP contribution in [0.25, 0.3) is 0 Å². The molecular formula is C24H28N2O5. The minimum atomic E-state index is -0.655. The summed E-state index contributed by atoms with van der Waals surface area (Å²) in [5.41, 5.74) is 0.936. The number of carbonyl (C=O) groups excluding carboxylic acids is 3. The topological polar surface area (TPSA) is 84.9 Å². The molecule has 2 aromatic carbocycles. The molecule has 7 nitrogen and oxygen atoms in total. The first kappa shape index (κ1) is 22.3. The van der Waals surface area contributed by atoms with Crippen molar-refractivity contribution >= 4 is 23.5 Å². The van der Waals surface area contributed by atoms with Gasteiger partial charge in [-0.05, 0) is 54.7 Å². The first-order valence-corrected chi connectivity index (χ1v) is 10.4. The van der Waals surface area contributed by atoms with Crippen LogP contribution in [-0.4, -0.2) is 49.5 Å². The van der Waals surface area contributed by atoms with Gasteiger partial charge in [-0.3, -0.25) is 9.59 Å². The molecular weight excluding hydrogens is 396 g/mol. The highest BCUT2D eigenvalue weighted by molar-refractivity contribution is 6.08. The standard InChI is InChI=1S/C24H28N2O5/c1-16-12-17(2)14-26(13-16)22(27)15-31-24(29)20-6-4-5-7-21(20)25-23(28)18-8-10-19(30-3)11-9-18/h4-11,16-17H,12-15H2,1-3H3,(H,25,28)/t16-,17-/m1/s1. The predicted molar refractivity (Wildman–Crippen MR) is 117 cm³/mol. The number of benzene rings is 2. The van der Waals surface area contributed by atoms with Crippen molar-refractivity contribution < 1.29 is 23.9 Å². The van der Waals surface area contributed by atoms with Crippen molar-refractivity contribution in [2.24, 2.45) is 11.8 Å². The summed E-state index contributed by atoms with van der Waals surface area (Å²) in [5, 5.41) is 2.73. The Hall–Kier alpha value is -3.35. The van der Waals surface area contributed by atoms with Crippen molar-refractivity contribution in [2.75, 3.05) is 32.1 Å². The number of likely N-dealkylation sites (tertiary alicyclic amines) is 1. The van der Waals surface area contributed by atoms with E-state index in [0.717, 1.165) is 6.42 Å². The first-order valence-electron chi connectivity index (χ1n) is 10.4. The van der Waals surface area contributed by atoms with Gasteiger partial charge in [0.1, 0.15) is 5.75 Å². The van der Waals surface area contributed by atoms with Crippen LogP contribution in [0.15, 0.2) is 48.5 Å². The largest absolute Gasteiger partial charge is 0.497 e. The van der Waals surface area contributed by atoms with Crippen molar-refractivity contribution in [3.8, 4) is 5.75 Å². The molecule has 2 amide bonds. The SMILES string of the molecule is COc1ccc(C(=O)Nc2ccccc2C(=O)OCC(=O)N2C[C@H](C)C[C@@H](C)C2)cc1. The van der Waals surface area contributed by atoms with Crippen LogP contribution >= 0.6 is 0 Å². The third kappa shape index (κ3) is 5.84. The maximum atomic E-state index is 12.6. The Balaban J connectivity index is 1.63. The Labute approximate surface area is 182 Å². The molecule has 164 valence electrons. The number of nitrogens with one attached hydrogen (secondary N) is 1. The second-order valence-corrected chi connectivity index (χ2v) is 8.05. The molecule has 1 fully saturated rings. The highest BCUT2D eigenvalue weighted by atomic mass is 16.5. The van der Waals surface area contributed by atoms with E-state index in [2.05, 4.69) is 19.2 Å². The Morgan fingerprint density at radius 1 is 1.00 bits per heavy atom. The van der Waals surface area contributed by atoms with Crippen LogP contribution < -0.4 is 10.1 Å². The number of ether oxygens (including phenoxy) is 2. The number of rotatable bonds is 6. The second kappa shape index (κ2) is 10.1. The summed E-state index contributed by atoms with van der Waals surface area (Å²) in [6.45, 7) is 5.26. The van der Waals surface area contributed by atoms with Crippen LogP contribution in [0.5, 0.6) is 5.75 Å². The molecule has 0 bridgehead atoms. The number of hydrogen-bond acceptors (Lipinski definition) is 5. The third-order valence-corrected chi connectivity index (χ3v) is 5.30. The van der Waals surface area contributed by atoms with Crippen molar-refractivity contribution in [3.63, 3.8) is 0 Å². The summed E-state index contributed by atoms with van der Waals surface area (Å²) < 4.78 is 10.4. The maximum absolute atomic E-state index is 12.6. The van der Waals surface area contributed by atoms with Crippen LogP contribution in [0, 0.1) is 11.8 Å². The zero-order valence-corrected chi connectivity index (χ0v) is 18.1. The highest BCUT2D eigenvalue weighted by Gasteiger charge is 2.26. The number of amides is 2. The molecule has 0 radical (unpaired) electrons. The lowest BCUT2D eigenvalue weighted by atomic mass is 9.92. The minimum Gasteiger partial charge on any atom is -0.497 e. The van der Waals surface area contributed by atoms with Gasteiger partial charge in [0.05, 0.1) is 18.4 Å². The smallest absolute Gasteiger partial charge is 0.340 e. The first-order chi connectivity index (χ1) is 14.9. The lowest BCUT2D eigenvalue weighted by Crippen LogP contribution is -2.44. The van der Waals surface area contributed by atoms with Crippen molar-refractivity contribution in [2.45, 2.75) is 20.3 Å². The normalized spacial score (nSPS) is 18.2. The van der Waals surface area contributed by atoms with Gasteiger partial charge in [-0.2, -0.15) is 0 Å². The molecule has 2 aromatic rings. The molecule has 0 spiro atoms. The van der Waals surface area contributed by atoms with E-state index in [1.165, 1.54) is 0 Å². The van der Waals surface area contributed by atoms with Gasteiger partial charge in [0.2, 0.25) is 0 Å². The quantitative estimate of drug-likeness (QED) is 0.716. The fraction of sp³-hybridized carbons (Fsp3) is 0.375. The van der Waals surface area contributed by atoms with Gasteiger partial charge in [-0.1, -0.05) is 26.0 Å². The van der Waals surface area contributed by atoms with Crippen molar-refractivity contribution in [3.05, 3.63) is 59.7 Å². The van der Waals surface area contributed by atoms with Crippen molar-refractivity contribution in [1.29, 1.82) is 0 Å². The Morgan fingerprint density at radius 2 is 1.65 bits per heavy atom. The van der Waals surface area contributed by atoms with Crippen LogP contribution in [0.4, 0.5) is 5.69 Å². The molecule has 2 atom stereocenters. The number of piperidine rings is 1. The number of carbonyl (C=O) groups is 3. The van der Waals surface area contributed by atoms with Gasteiger partial charge in [0.15, 0.2) is 6.61 Å². The summed E-state index contributed by atoms with van der Waals surface area (Å²) in [5.74, 6) is 0.274. The molecule has 7 heteroatoms. The molecule has 31 heavy (non-hydrogen) atoms. The number of esters is 1. The number of nitrogens with zero attached hydrogens (tertiary/aromatic N) is 1. The summed E-state index contributed by atoms with van der Waals surface area (Å²) in [6, 6.07) is 13.2. The van der Waals surface area contributed by atoms with Gasteiger partial charge >= 0.3 is 5.97 Å². The molecule has 0 aromatic heterocycles. The molecule has 0 aliphatic carbocycles. The number of methoxy groups -OCH3 is 1. The maximum Gasteiger partial charge on any atom is 0.340 e. The summed E-state index contributed by atoms with van der Waals surface area (Å²) >= 11 is 0. The fourth-order valence-corrected chi connectivity index (χ4v) is 3.87. The van der Waals surface area contributed by atoms with Crippen LogP contribution in [0.1, 0.15) is 41.0 Å². The molecule has 3 rings (SSSR count). The molecule has 1 N–H and O–H groups in total. The Morgan fingerprint density at radius 3 is 2.29 bits per heavy atom. The van der Waals surface area contributed by atoms with Gasteiger partial charge in [-0.25, -0.2) is 4.79 Å². The molecule has 1 aliphatic rings. The van der Waals surface area contributed by atoms with Gasteiger partial charge < -0.3 is 19.7 Å². The van der Waals surface area contributed by atoms with E-state index in [4.69, 9.17) is 9.47 Å². The predicted octanol–water partition coefficient (Wildman–Crippen LogP) is 3.61. The lowest BCUT2D eigenvalue weighted by molar-refractivity contribution is -0.137. The van der Waals surface area contributed by atoms with E-state index >= 15 is 0 Å². The minimum absolute atomic E-state index is 0.192. The number of para-hydroxylation sites is 1. The lowest BCUT2D eigenvalue weighted by Gasteiger charge is -2.34. The van der Waals surface area contributed by atoms with E-state index in [0.29, 0.717) is 41.9 Å². The van der Waals surface area contributed by atoms with E-state index < -0.39 is 5.97 Å². The second-order valence-electron chi connectivity index (χ2n) is 8.05. The zero-order valence-electron chi connectivity index (χ0n) is 18.1. The third-order valence-electron chi connectivity index (χ3n) is 5.30. The molecule has 1 saturated heterocycles. The van der Waals surface area contributed by atoms with Gasteiger partial charge in [-0.15, -0.1) is 0 Å². The molecule has 0 unspecified atom stereocenters. The number of hydrogen-bond donors (Lipinski definition) is 1. The van der Waals surface area contributed by atoms with Gasteiger partial charge in [0.25, 0.3) is 11.8 Å². The van der Waals surface area contributed by atoms with E-state index in [1.54, 1.807) is 60.5 Å². The molecule has 1 aliphatic heterocycles. The van der Waals surface area contributed by atoms with E-state index in [-0.39, 0.29) is 24.0 Å². The van der Waals surface area contributed by atoms with Gasteiger partial charge in [0, 0.05) is 18.7 Å². The van der Waals surface area contributed by atoms with E-state index in [9.17, 15) is 14.4 Å². The highest BCUT2D eigenvalue weighted by Crippen LogP contribution is 2.22. The average Bonchev–Trinajstić information content (AvgIpc) is 2.77. The zero-order chi connectivity index (χ0) is 22.4. The van der Waals surface area contributed by atoms with E-state index in [1.807, 2.05) is 0 Å². The van der Waals surface area contributed by atoms with Crippen LogP contribution in [0.3, 0.4) is 0 Å². The van der Waals surface area contributed by atoms with Crippen LogP contribution in [-0.2, 0) is 9.53 Å². The Kier molecular flexibility index (Phi) is 7.28. The number of anilines is 1. The molecule has 0 saturated carbocycles. The summed E-state index contributed by atoms with van der Waals surface area (Å²) in [6.07, 6.45) is 1.09.